The zero-order valence-electron chi connectivity index (χ0n) is 13.4. The summed E-state index contributed by atoms with van der Waals surface area (Å²) in [7, 11) is 0. The molecule has 0 aromatic rings. The molecule has 2 amide bonds. The fourth-order valence-electron chi connectivity index (χ4n) is 3.70. The van der Waals surface area contributed by atoms with Crippen LogP contribution in [0.4, 0.5) is 0 Å². The van der Waals surface area contributed by atoms with Gasteiger partial charge in [-0.05, 0) is 19.8 Å². The quantitative estimate of drug-likeness (QED) is 0.597. The van der Waals surface area contributed by atoms with E-state index >= 15 is 0 Å². The summed E-state index contributed by atoms with van der Waals surface area (Å²) in [6.45, 7) is 5.32. The summed E-state index contributed by atoms with van der Waals surface area (Å²) in [5.41, 5.74) is 5.24. The number of nitrogens with zero attached hydrogens (tertiary/aromatic N) is 1. The molecule has 22 heavy (non-hydrogen) atoms. The van der Waals surface area contributed by atoms with Crippen molar-refractivity contribution in [1.29, 1.82) is 0 Å². The van der Waals surface area contributed by atoms with E-state index in [4.69, 9.17) is 10.5 Å². The number of nitrogens with two attached hydrogens (primary N) is 1. The molecule has 2 aliphatic rings. The van der Waals surface area contributed by atoms with E-state index in [-0.39, 0.29) is 36.5 Å². The molecular formula is C15H28N4O3. The number of morpholine rings is 1. The Morgan fingerprint density at radius 2 is 1.86 bits per heavy atom. The molecule has 0 radical (unpaired) electrons. The van der Waals surface area contributed by atoms with Crippen molar-refractivity contribution in [1.82, 2.24) is 15.5 Å². The molecule has 1 unspecified atom stereocenters. The molecule has 0 aromatic heterocycles. The van der Waals surface area contributed by atoms with Crippen LogP contribution in [0.25, 0.3) is 0 Å². The van der Waals surface area contributed by atoms with E-state index in [1.807, 2.05) is 0 Å². The van der Waals surface area contributed by atoms with Crippen molar-refractivity contribution >= 4 is 11.8 Å². The van der Waals surface area contributed by atoms with E-state index in [2.05, 4.69) is 22.5 Å². The highest BCUT2D eigenvalue weighted by atomic mass is 16.5. The van der Waals surface area contributed by atoms with Crippen LogP contribution in [0.1, 0.15) is 32.6 Å². The van der Waals surface area contributed by atoms with Crippen LogP contribution in [0.3, 0.4) is 0 Å². The molecule has 0 bridgehead atoms. The Kier molecular flexibility index (Phi) is 6.16. The van der Waals surface area contributed by atoms with E-state index < -0.39 is 0 Å². The molecule has 126 valence electrons. The SMILES string of the molecule is CC(NC(=O)CNC(=O)CN)C1(N2CCOCC2)CCCC1. The van der Waals surface area contributed by atoms with Crippen LogP contribution in [0, 0.1) is 0 Å². The molecule has 1 atom stereocenters. The third-order valence-corrected chi connectivity index (χ3v) is 4.93. The Bertz CT molecular complexity index is 390. The molecule has 1 aliphatic carbocycles. The van der Waals surface area contributed by atoms with Gasteiger partial charge in [0.25, 0.3) is 0 Å². The highest BCUT2D eigenvalue weighted by molar-refractivity contribution is 5.85. The normalized spacial score (nSPS) is 23.0. The van der Waals surface area contributed by atoms with Gasteiger partial charge in [-0.15, -0.1) is 0 Å². The second-order valence-corrected chi connectivity index (χ2v) is 6.18. The second kappa shape index (κ2) is 7.89. The number of nitrogens with one attached hydrogen (secondary N) is 2. The number of carbonyl (C=O) groups excluding carboxylic acids is 2. The predicted molar refractivity (Wildman–Crippen MR) is 83.3 cm³/mol. The minimum atomic E-state index is -0.313. The smallest absolute Gasteiger partial charge is 0.239 e. The molecule has 1 heterocycles. The van der Waals surface area contributed by atoms with Gasteiger partial charge in [0.2, 0.25) is 11.8 Å². The fraction of sp³-hybridized carbons (Fsp3) is 0.867. The lowest BCUT2D eigenvalue weighted by Crippen LogP contribution is -2.62. The van der Waals surface area contributed by atoms with Crippen LogP contribution in [-0.4, -0.2) is 67.7 Å². The number of ether oxygens (including phenoxy) is 1. The molecule has 0 spiro atoms. The van der Waals surface area contributed by atoms with E-state index in [1.165, 1.54) is 12.8 Å². The van der Waals surface area contributed by atoms with Crippen LogP contribution >= 0.6 is 0 Å². The van der Waals surface area contributed by atoms with Crippen LogP contribution in [0.5, 0.6) is 0 Å². The maximum Gasteiger partial charge on any atom is 0.239 e. The summed E-state index contributed by atoms with van der Waals surface area (Å²) in [5, 5.41) is 5.57. The van der Waals surface area contributed by atoms with Crippen LogP contribution in [-0.2, 0) is 14.3 Å². The summed E-state index contributed by atoms with van der Waals surface area (Å²) in [6, 6.07) is 0.0513. The molecule has 7 nitrogen and oxygen atoms in total. The third-order valence-electron chi connectivity index (χ3n) is 4.93. The zero-order valence-corrected chi connectivity index (χ0v) is 13.4. The summed E-state index contributed by atoms with van der Waals surface area (Å²) < 4.78 is 5.45. The zero-order chi connectivity index (χ0) is 16.0. The van der Waals surface area contributed by atoms with Crippen molar-refractivity contribution in [3.8, 4) is 0 Å². The van der Waals surface area contributed by atoms with Crippen LogP contribution in [0.15, 0.2) is 0 Å². The second-order valence-electron chi connectivity index (χ2n) is 6.18. The fourth-order valence-corrected chi connectivity index (χ4v) is 3.70. The molecule has 4 N–H and O–H groups in total. The third kappa shape index (κ3) is 3.97. The summed E-state index contributed by atoms with van der Waals surface area (Å²) in [4.78, 5) is 25.7. The lowest BCUT2D eigenvalue weighted by Gasteiger charge is -2.47. The molecule has 1 aliphatic heterocycles. The molecule has 7 heteroatoms. The first-order chi connectivity index (χ1) is 10.6. The molecular weight excluding hydrogens is 284 g/mol. The van der Waals surface area contributed by atoms with E-state index in [9.17, 15) is 9.59 Å². The molecule has 2 fully saturated rings. The van der Waals surface area contributed by atoms with Gasteiger partial charge in [-0.2, -0.15) is 0 Å². The number of amides is 2. The molecule has 2 rings (SSSR count). The van der Waals surface area contributed by atoms with Gasteiger partial charge < -0.3 is 21.1 Å². The van der Waals surface area contributed by atoms with Gasteiger partial charge in [0, 0.05) is 24.7 Å². The molecule has 1 saturated heterocycles. The van der Waals surface area contributed by atoms with Gasteiger partial charge in [-0.25, -0.2) is 0 Å². The minimum Gasteiger partial charge on any atom is -0.379 e. The van der Waals surface area contributed by atoms with Gasteiger partial charge in [0.05, 0.1) is 26.3 Å². The van der Waals surface area contributed by atoms with Crippen molar-refractivity contribution in [2.24, 2.45) is 5.73 Å². The average molecular weight is 312 g/mol. The number of hydrogen-bond donors (Lipinski definition) is 3. The Hall–Kier alpha value is -1.18. The van der Waals surface area contributed by atoms with Crippen molar-refractivity contribution in [2.75, 3.05) is 39.4 Å². The maximum absolute atomic E-state index is 12.0. The average Bonchev–Trinajstić information content (AvgIpc) is 3.04. The molecule has 0 aromatic carbocycles. The Morgan fingerprint density at radius 1 is 1.23 bits per heavy atom. The highest BCUT2D eigenvalue weighted by Gasteiger charge is 2.44. The number of hydrogen-bond acceptors (Lipinski definition) is 5. The van der Waals surface area contributed by atoms with Crippen molar-refractivity contribution < 1.29 is 14.3 Å². The van der Waals surface area contributed by atoms with Gasteiger partial charge in [-0.3, -0.25) is 14.5 Å². The van der Waals surface area contributed by atoms with Crippen molar-refractivity contribution in [3.05, 3.63) is 0 Å². The molecule has 1 saturated carbocycles. The van der Waals surface area contributed by atoms with Crippen LogP contribution < -0.4 is 16.4 Å². The van der Waals surface area contributed by atoms with Gasteiger partial charge >= 0.3 is 0 Å². The monoisotopic (exact) mass is 312 g/mol. The Balaban J connectivity index is 1.93. The summed E-state index contributed by atoms with van der Waals surface area (Å²) in [5.74, 6) is -0.472. The lowest BCUT2D eigenvalue weighted by molar-refractivity contribution is -0.126. The van der Waals surface area contributed by atoms with E-state index in [1.54, 1.807) is 0 Å². The summed E-state index contributed by atoms with van der Waals surface area (Å²) >= 11 is 0. The largest absolute Gasteiger partial charge is 0.379 e. The standard InChI is InChI=1S/C15H28N4O3/c1-12(18-14(21)11-17-13(20)10-16)15(4-2-3-5-15)19-6-8-22-9-7-19/h12H,2-11,16H2,1H3,(H,17,20)(H,18,21). The van der Waals surface area contributed by atoms with Gasteiger partial charge in [-0.1, -0.05) is 12.8 Å². The van der Waals surface area contributed by atoms with Gasteiger partial charge in [0.15, 0.2) is 0 Å². The van der Waals surface area contributed by atoms with E-state index in [0.717, 1.165) is 39.1 Å². The first kappa shape index (κ1) is 17.2. The van der Waals surface area contributed by atoms with Crippen molar-refractivity contribution in [3.63, 3.8) is 0 Å². The summed E-state index contributed by atoms with van der Waals surface area (Å²) in [6.07, 6.45) is 4.59. The first-order valence-corrected chi connectivity index (χ1v) is 8.17. The first-order valence-electron chi connectivity index (χ1n) is 8.17. The Labute approximate surface area is 131 Å². The maximum atomic E-state index is 12.0. The van der Waals surface area contributed by atoms with Gasteiger partial charge in [0.1, 0.15) is 0 Å². The number of carbonyl (C=O) groups is 2. The number of rotatable bonds is 6. The highest BCUT2D eigenvalue weighted by Crippen LogP contribution is 2.38. The van der Waals surface area contributed by atoms with E-state index in [0.29, 0.717) is 0 Å². The van der Waals surface area contributed by atoms with Crippen molar-refractivity contribution in [2.45, 2.75) is 44.2 Å². The van der Waals surface area contributed by atoms with Crippen LogP contribution in [0.2, 0.25) is 0 Å². The lowest BCUT2D eigenvalue weighted by atomic mass is 9.86. The Morgan fingerprint density at radius 3 is 2.45 bits per heavy atom. The topological polar surface area (TPSA) is 96.7 Å². The predicted octanol–water partition coefficient (Wildman–Crippen LogP) is -0.789. The minimum absolute atomic E-state index is 0.0143.